The number of carbonyl (C=O) groups is 1. The summed E-state index contributed by atoms with van der Waals surface area (Å²) >= 11 is 0. The summed E-state index contributed by atoms with van der Waals surface area (Å²) in [6.45, 7) is 1.12. The van der Waals surface area contributed by atoms with Crippen LogP contribution < -0.4 is 0 Å². The summed E-state index contributed by atoms with van der Waals surface area (Å²) in [7, 11) is 2.02. The molecule has 2 heterocycles. The normalized spacial score (nSPS) is 17.2. The van der Waals surface area contributed by atoms with Crippen molar-refractivity contribution < 1.29 is 9.21 Å². The van der Waals surface area contributed by atoms with Crippen molar-refractivity contribution in [1.29, 1.82) is 0 Å². The van der Waals surface area contributed by atoms with Crippen LogP contribution in [0.25, 0.3) is 0 Å². The maximum atomic E-state index is 13.0. The molecule has 0 unspecified atom stereocenters. The third kappa shape index (κ3) is 3.51. The third-order valence-corrected chi connectivity index (χ3v) is 5.76. The van der Waals surface area contributed by atoms with Gasteiger partial charge in [0.1, 0.15) is 5.76 Å². The van der Waals surface area contributed by atoms with E-state index in [9.17, 15) is 4.79 Å². The molecule has 134 valence electrons. The number of carbonyl (C=O) groups excluding carboxylic acids is 1. The Bertz CT molecular complexity index is 726. The molecule has 2 aliphatic rings. The summed E-state index contributed by atoms with van der Waals surface area (Å²) in [5.41, 5.74) is 3.78. The molecule has 0 aliphatic heterocycles. The van der Waals surface area contributed by atoms with Crippen LogP contribution in [-0.2, 0) is 37.8 Å². The molecular formula is C20H27N3O2. The summed E-state index contributed by atoms with van der Waals surface area (Å²) < 4.78 is 7.50. The molecule has 1 fully saturated rings. The van der Waals surface area contributed by atoms with E-state index < -0.39 is 0 Å². The minimum Gasteiger partial charge on any atom is -0.467 e. The van der Waals surface area contributed by atoms with E-state index in [1.807, 2.05) is 28.8 Å². The molecule has 5 nitrogen and oxygen atoms in total. The fourth-order valence-electron chi connectivity index (χ4n) is 4.42. The number of aryl methyl sites for hydroxylation is 1. The molecule has 2 aromatic rings. The van der Waals surface area contributed by atoms with Crippen molar-refractivity contribution >= 4 is 5.91 Å². The molecule has 1 saturated carbocycles. The fraction of sp³-hybridized carbons (Fsp3) is 0.600. The van der Waals surface area contributed by atoms with Crippen LogP contribution in [0.15, 0.2) is 22.8 Å². The van der Waals surface area contributed by atoms with E-state index in [1.165, 1.54) is 43.4 Å². The maximum absolute atomic E-state index is 13.0. The van der Waals surface area contributed by atoms with Crippen LogP contribution in [0.3, 0.4) is 0 Å². The average molecular weight is 341 g/mol. The summed E-state index contributed by atoms with van der Waals surface area (Å²) in [6.07, 6.45) is 10.6. The van der Waals surface area contributed by atoms with Gasteiger partial charge in [0, 0.05) is 19.2 Å². The lowest BCUT2D eigenvalue weighted by Gasteiger charge is -2.23. The van der Waals surface area contributed by atoms with Gasteiger partial charge in [-0.25, -0.2) is 0 Å². The Morgan fingerprint density at radius 2 is 2.12 bits per heavy atom. The molecule has 5 heteroatoms. The Hall–Kier alpha value is -2.04. The van der Waals surface area contributed by atoms with E-state index in [0.29, 0.717) is 25.4 Å². The predicted molar refractivity (Wildman–Crippen MR) is 94.8 cm³/mol. The highest BCUT2D eigenvalue weighted by Crippen LogP contribution is 2.30. The summed E-state index contributed by atoms with van der Waals surface area (Å²) in [4.78, 5) is 14.9. The first-order valence-corrected chi connectivity index (χ1v) is 9.54. The van der Waals surface area contributed by atoms with Gasteiger partial charge in [-0.2, -0.15) is 5.10 Å². The number of nitrogens with zero attached hydrogens (tertiary/aromatic N) is 3. The Morgan fingerprint density at radius 3 is 2.88 bits per heavy atom. The van der Waals surface area contributed by atoms with Gasteiger partial charge in [-0.05, 0) is 55.7 Å². The van der Waals surface area contributed by atoms with Crippen LogP contribution in [0.2, 0.25) is 0 Å². The van der Waals surface area contributed by atoms with Crippen molar-refractivity contribution in [1.82, 2.24) is 14.7 Å². The highest BCUT2D eigenvalue weighted by molar-refractivity contribution is 5.76. The molecule has 25 heavy (non-hydrogen) atoms. The van der Waals surface area contributed by atoms with Gasteiger partial charge in [0.05, 0.1) is 25.0 Å². The number of aromatic nitrogens is 2. The lowest BCUT2D eigenvalue weighted by molar-refractivity contribution is -0.133. The zero-order valence-corrected chi connectivity index (χ0v) is 15.0. The number of rotatable bonds is 6. The zero-order valence-electron chi connectivity index (χ0n) is 15.0. The van der Waals surface area contributed by atoms with Crippen molar-refractivity contribution in [2.75, 3.05) is 0 Å². The monoisotopic (exact) mass is 341 g/mol. The molecule has 0 N–H and O–H groups in total. The number of fused-ring (bicyclic) bond motifs is 1. The van der Waals surface area contributed by atoms with E-state index in [-0.39, 0.29) is 5.91 Å². The molecule has 2 aromatic heterocycles. The predicted octanol–water partition coefficient (Wildman–Crippen LogP) is 3.61. The highest BCUT2D eigenvalue weighted by atomic mass is 16.3. The Kier molecular flexibility index (Phi) is 4.64. The van der Waals surface area contributed by atoms with E-state index in [1.54, 1.807) is 6.26 Å². The lowest BCUT2D eigenvalue weighted by atomic mass is 10.0. The van der Waals surface area contributed by atoms with Crippen LogP contribution in [0, 0.1) is 5.92 Å². The van der Waals surface area contributed by atoms with Gasteiger partial charge >= 0.3 is 0 Å². The van der Waals surface area contributed by atoms with Crippen LogP contribution in [0.5, 0.6) is 0 Å². The summed E-state index contributed by atoms with van der Waals surface area (Å²) in [6, 6.07) is 3.83. The second-order valence-corrected chi connectivity index (χ2v) is 7.53. The number of hydrogen-bond donors (Lipinski definition) is 0. The molecule has 0 aromatic carbocycles. The first-order chi connectivity index (χ1) is 12.2. The third-order valence-electron chi connectivity index (χ3n) is 5.76. The van der Waals surface area contributed by atoms with Crippen molar-refractivity contribution in [2.24, 2.45) is 13.0 Å². The number of amides is 1. The van der Waals surface area contributed by atoms with Crippen molar-refractivity contribution in [3.63, 3.8) is 0 Å². The highest BCUT2D eigenvalue weighted by Gasteiger charge is 2.26. The smallest absolute Gasteiger partial charge is 0.223 e. The van der Waals surface area contributed by atoms with Crippen LogP contribution in [-0.4, -0.2) is 20.6 Å². The summed E-state index contributed by atoms with van der Waals surface area (Å²) in [5.74, 6) is 1.63. The molecule has 0 spiro atoms. The second kappa shape index (κ2) is 7.06. The molecule has 0 saturated heterocycles. The number of hydrogen-bond acceptors (Lipinski definition) is 3. The molecule has 0 radical (unpaired) electrons. The Balaban J connectivity index is 1.52. The molecule has 4 rings (SSSR count). The summed E-state index contributed by atoms with van der Waals surface area (Å²) in [5, 5.41) is 4.71. The van der Waals surface area contributed by atoms with Crippen molar-refractivity contribution in [3.05, 3.63) is 41.1 Å². The van der Waals surface area contributed by atoms with E-state index >= 15 is 0 Å². The van der Waals surface area contributed by atoms with Crippen molar-refractivity contribution in [3.8, 4) is 0 Å². The minimum absolute atomic E-state index is 0.237. The molecule has 1 amide bonds. The fourth-order valence-corrected chi connectivity index (χ4v) is 4.42. The van der Waals surface area contributed by atoms with Gasteiger partial charge in [0.25, 0.3) is 0 Å². The standard InChI is InChI=1S/C20H27N3O2/c1-22-19-10-4-9-17(19)18(21-22)14-23(13-16-8-5-11-25-16)20(24)12-15-6-2-3-7-15/h5,8,11,15H,2-4,6-7,9-10,12-14H2,1H3. The van der Waals surface area contributed by atoms with Gasteiger partial charge in [-0.3, -0.25) is 9.48 Å². The average Bonchev–Trinajstić information content (AvgIpc) is 3.35. The van der Waals surface area contributed by atoms with Crippen LogP contribution in [0.4, 0.5) is 0 Å². The van der Waals surface area contributed by atoms with E-state index in [2.05, 4.69) is 0 Å². The first-order valence-electron chi connectivity index (χ1n) is 9.54. The zero-order chi connectivity index (χ0) is 17.2. The van der Waals surface area contributed by atoms with E-state index in [4.69, 9.17) is 9.52 Å². The molecule has 2 aliphatic carbocycles. The Labute approximate surface area is 149 Å². The van der Waals surface area contributed by atoms with Gasteiger partial charge in [0.2, 0.25) is 5.91 Å². The maximum Gasteiger partial charge on any atom is 0.223 e. The van der Waals surface area contributed by atoms with Gasteiger partial charge < -0.3 is 9.32 Å². The topological polar surface area (TPSA) is 51.3 Å². The molecule has 0 bridgehead atoms. The number of furan rings is 1. The van der Waals surface area contributed by atoms with Crippen LogP contribution >= 0.6 is 0 Å². The van der Waals surface area contributed by atoms with Gasteiger partial charge in [0.15, 0.2) is 0 Å². The first kappa shape index (κ1) is 16.4. The minimum atomic E-state index is 0.237. The van der Waals surface area contributed by atoms with E-state index in [0.717, 1.165) is 24.3 Å². The quantitative estimate of drug-likeness (QED) is 0.806. The molecule has 0 atom stereocenters. The van der Waals surface area contributed by atoms with Gasteiger partial charge in [-0.1, -0.05) is 12.8 Å². The lowest BCUT2D eigenvalue weighted by Crippen LogP contribution is -2.31. The molecular weight excluding hydrogens is 314 g/mol. The SMILES string of the molecule is Cn1nc(CN(Cc2ccco2)C(=O)CC2CCCC2)c2c1CCC2. The Morgan fingerprint density at radius 1 is 1.28 bits per heavy atom. The largest absolute Gasteiger partial charge is 0.467 e. The van der Waals surface area contributed by atoms with Crippen molar-refractivity contribution in [2.45, 2.75) is 64.5 Å². The second-order valence-electron chi connectivity index (χ2n) is 7.53. The van der Waals surface area contributed by atoms with Crippen LogP contribution in [0.1, 0.15) is 61.2 Å². The van der Waals surface area contributed by atoms with Gasteiger partial charge in [-0.15, -0.1) is 0 Å².